The van der Waals surface area contributed by atoms with Crippen molar-refractivity contribution < 1.29 is 9.15 Å². The van der Waals surface area contributed by atoms with Crippen LogP contribution < -0.4 is 15.4 Å². The summed E-state index contributed by atoms with van der Waals surface area (Å²) in [6.07, 6.45) is 1.65. The highest BCUT2D eigenvalue weighted by Crippen LogP contribution is 2.27. The van der Waals surface area contributed by atoms with Crippen molar-refractivity contribution in [1.29, 1.82) is 0 Å². The van der Waals surface area contributed by atoms with Crippen molar-refractivity contribution in [3.05, 3.63) is 59.7 Å². The van der Waals surface area contributed by atoms with Crippen LogP contribution in [0.2, 0.25) is 0 Å². The molecule has 0 fully saturated rings. The molecule has 124 valence electrons. The summed E-state index contributed by atoms with van der Waals surface area (Å²) in [5, 5.41) is 6.47. The van der Waals surface area contributed by atoms with Gasteiger partial charge in [0, 0.05) is 11.8 Å². The number of aromatic nitrogens is 2. The predicted molar refractivity (Wildman–Crippen MR) is 93.8 cm³/mol. The minimum absolute atomic E-state index is 0.515. The van der Waals surface area contributed by atoms with Crippen LogP contribution in [0.25, 0.3) is 0 Å². The molecule has 0 bridgehead atoms. The molecule has 0 aliphatic carbocycles. The maximum absolute atomic E-state index is 5.38. The van der Waals surface area contributed by atoms with Gasteiger partial charge >= 0.3 is 0 Å². The number of aryl methyl sites for hydroxylation is 2. The Kier molecular flexibility index (Phi) is 4.65. The Balaban J connectivity index is 1.79. The van der Waals surface area contributed by atoms with Gasteiger partial charge in [-0.15, -0.1) is 0 Å². The van der Waals surface area contributed by atoms with Crippen LogP contribution >= 0.6 is 0 Å². The molecule has 0 saturated carbocycles. The van der Waals surface area contributed by atoms with Crippen LogP contribution in [-0.4, -0.2) is 17.1 Å². The standard InChI is InChI=1S/C18H20N4O2/c1-12-6-7-16(23-3)15(9-12)21-18-20-13(2)10-17(22-18)19-11-14-5-4-8-24-14/h4-10H,11H2,1-3H3,(H2,19,20,21,22). The van der Waals surface area contributed by atoms with Crippen LogP contribution in [0.15, 0.2) is 47.1 Å². The Morgan fingerprint density at radius 1 is 1.12 bits per heavy atom. The van der Waals surface area contributed by atoms with Crippen LogP contribution in [0.4, 0.5) is 17.5 Å². The van der Waals surface area contributed by atoms with Gasteiger partial charge in [0.25, 0.3) is 0 Å². The highest BCUT2D eigenvalue weighted by Gasteiger charge is 2.08. The number of hydrogen-bond acceptors (Lipinski definition) is 6. The molecule has 0 atom stereocenters. The molecule has 0 amide bonds. The van der Waals surface area contributed by atoms with E-state index in [2.05, 4.69) is 20.6 Å². The summed E-state index contributed by atoms with van der Waals surface area (Å²) in [7, 11) is 1.64. The molecule has 0 spiro atoms. The summed E-state index contributed by atoms with van der Waals surface area (Å²) in [5.41, 5.74) is 2.82. The quantitative estimate of drug-likeness (QED) is 0.712. The molecule has 0 aliphatic heterocycles. The molecule has 0 saturated heterocycles. The molecule has 6 heteroatoms. The molecular weight excluding hydrogens is 304 g/mol. The monoisotopic (exact) mass is 324 g/mol. The van der Waals surface area contributed by atoms with Crippen LogP contribution in [0.1, 0.15) is 17.0 Å². The molecule has 6 nitrogen and oxygen atoms in total. The van der Waals surface area contributed by atoms with Crippen molar-refractivity contribution in [1.82, 2.24) is 9.97 Å². The Morgan fingerprint density at radius 2 is 2.00 bits per heavy atom. The van der Waals surface area contributed by atoms with Gasteiger partial charge in [0.2, 0.25) is 5.95 Å². The van der Waals surface area contributed by atoms with E-state index in [1.54, 1.807) is 13.4 Å². The first-order valence-corrected chi connectivity index (χ1v) is 7.67. The number of methoxy groups -OCH3 is 1. The summed E-state index contributed by atoms with van der Waals surface area (Å²) >= 11 is 0. The summed E-state index contributed by atoms with van der Waals surface area (Å²) in [6, 6.07) is 11.6. The summed E-state index contributed by atoms with van der Waals surface area (Å²) in [5.74, 6) is 2.84. The lowest BCUT2D eigenvalue weighted by atomic mass is 10.2. The fourth-order valence-corrected chi connectivity index (χ4v) is 2.35. The van der Waals surface area contributed by atoms with E-state index in [-0.39, 0.29) is 0 Å². The average Bonchev–Trinajstić information content (AvgIpc) is 3.06. The lowest BCUT2D eigenvalue weighted by Gasteiger charge is -2.12. The molecule has 24 heavy (non-hydrogen) atoms. The Labute approximate surface area is 140 Å². The van der Waals surface area contributed by atoms with E-state index in [0.717, 1.165) is 34.3 Å². The van der Waals surface area contributed by atoms with Gasteiger partial charge in [-0.3, -0.25) is 0 Å². The second kappa shape index (κ2) is 7.04. The number of ether oxygens (including phenoxy) is 1. The number of benzene rings is 1. The van der Waals surface area contributed by atoms with Crippen LogP contribution in [-0.2, 0) is 6.54 Å². The summed E-state index contributed by atoms with van der Waals surface area (Å²) in [4.78, 5) is 8.94. The van der Waals surface area contributed by atoms with Gasteiger partial charge in [0.15, 0.2) is 0 Å². The Hall–Kier alpha value is -3.02. The van der Waals surface area contributed by atoms with Gasteiger partial charge in [-0.2, -0.15) is 4.98 Å². The second-order valence-electron chi connectivity index (χ2n) is 5.48. The number of furan rings is 1. The molecule has 2 N–H and O–H groups in total. The number of hydrogen-bond donors (Lipinski definition) is 2. The molecular formula is C18H20N4O2. The summed E-state index contributed by atoms with van der Waals surface area (Å²) < 4.78 is 10.7. The van der Waals surface area contributed by atoms with Gasteiger partial charge < -0.3 is 19.8 Å². The molecule has 0 unspecified atom stereocenters. The minimum Gasteiger partial charge on any atom is -0.495 e. The van der Waals surface area contributed by atoms with E-state index in [4.69, 9.17) is 9.15 Å². The van der Waals surface area contributed by atoms with Crippen molar-refractivity contribution in [3.8, 4) is 5.75 Å². The van der Waals surface area contributed by atoms with Crippen molar-refractivity contribution in [2.45, 2.75) is 20.4 Å². The smallest absolute Gasteiger partial charge is 0.229 e. The molecule has 3 rings (SSSR count). The zero-order valence-corrected chi connectivity index (χ0v) is 14.0. The van der Waals surface area contributed by atoms with E-state index in [9.17, 15) is 0 Å². The van der Waals surface area contributed by atoms with Crippen LogP contribution in [0, 0.1) is 13.8 Å². The van der Waals surface area contributed by atoms with Crippen molar-refractivity contribution in [2.24, 2.45) is 0 Å². The van der Waals surface area contributed by atoms with Gasteiger partial charge in [-0.05, 0) is 43.7 Å². The molecule has 3 aromatic rings. The fourth-order valence-electron chi connectivity index (χ4n) is 2.35. The maximum Gasteiger partial charge on any atom is 0.229 e. The van der Waals surface area contributed by atoms with E-state index in [1.165, 1.54) is 0 Å². The van der Waals surface area contributed by atoms with Gasteiger partial charge in [-0.25, -0.2) is 4.98 Å². The topological polar surface area (TPSA) is 72.2 Å². The number of nitrogens with zero attached hydrogens (tertiary/aromatic N) is 2. The van der Waals surface area contributed by atoms with E-state index in [0.29, 0.717) is 12.5 Å². The highest BCUT2D eigenvalue weighted by atomic mass is 16.5. The maximum atomic E-state index is 5.38. The van der Waals surface area contributed by atoms with Crippen molar-refractivity contribution in [3.63, 3.8) is 0 Å². The third-order valence-corrected chi connectivity index (χ3v) is 3.48. The Bertz CT molecular complexity index is 816. The van der Waals surface area contributed by atoms with Gasteiger partial charge in [0.05, 0.1) is 25.6 Å². The van der Waals surface area contributed by atoms with Crippen molar-refractivity contribution in [2.75, 3.05) is 17.7 Å². The molecule has 1 aromatic carbocycles. The van der Waals surface area contributed by atoms with Crippen molar-refractivity contribution >= 4 is 17.5 Å². The SMILES string of the molecule is COc1ccc(C)cc1Nc1nc(C)cc(NCc2ccco2)n1. The molecule has 0 radical (unpaired) electrons. The Morgan fingerprint density at radius 3 is 2.75 bits per heavy atom. The number of anilines is 3. The van der Waals surface area contributed by atoms with Gasteiger partial charge in [-0.1, -0.05) is 6.07 Å². The lowest BCUT2D eigenvalue weighted by molar-refractivity contribution is 0.416. The van der Waals surface area contributed by atoms with Gasteiger partial charge in [0.1, 0.15) is 17.3 Å². The lowest BCUT2D eigenvalue weighted by Crippen LogP contribution is -2.06. The summed E-state index contributed by atoms with van der Waals surface area (Å²) in [6.45, 7) is 4.52. The van der Waals surface area contributed by atoms with E-state index < -0.39 is 0 Å². The zero-order valence-electron chi connectivity index (χ0n) is 14.0. The molecule has 0 aliphatic rings. The minimum atomic E-state index is 0.515. The fraction of sp³-hybridized carbons (Fsp3) is 0.222. The highest BCUT2D eigenvalue weighted by molar-refractivity contribution is 5.64. The first-order valence-electron chi connectivity index (χ1n) is 7.67. The third kappa shape index (κ3) is 3.84. The largest absolute Gasteiger partial charge is 0.495 e. The van der Waals surface area contributed by atoms with E-state index in [1.807, 2.05) is 50.2 Å². The molecule has 2 heterocycles. The normalized spacial score (nSPS) is 10.5. The molecule has 2 aromatic heterocycles. The number of nitrogens with one attached hydrogen (secondary N) is 2. The first kappa shape index (κ1) is 15.9. The zero-order chi connectivity index (χ0) is 16.9. The van der Waals surface area contributed by atoms with Crippen LogP contribution in [0.3, 0.4) is 0 Å². The average molecular weight is 324 g/mol. The third-order valence-electron chi connectivity index (χ3n) is 3.48. The predicted octanol–water partition coefficient (Wildman–Crippen LogP) is 4.05. The first-order chi connectivity index (χ1) is 11.6. The van der Waals surface area contributed by atoms with Crippen LogP contribution in [0.5, 0.6) is 5.75 Å². The second-order valence-corrected chi connectivity index (χ2v) is 5.48. The van der Waals surface area contributed by atoms with E-state index >= 15 is 0 Å². The number of rotatable bonds is 6.